The molecule has 0 saturated carbocycles. The first kappa shape index (κ1) is 12.7. The quantitative estimate of drug-likeness (QED) is 0.599. The van der Waals surface area contributed by atoms with Gasteiger partial charge in [0.25, 0.3) is 0 Å². The summed E-state index contributed by atoms with van der Waals surface area (Å²) in [6, 6.07) is 13.4. The van der Waals surface area contributed by atoms with Crippen LogP contribution in [0.1, 0.15) is 16.6 Å². The van der Waals surface area contributed by atoms with Crippen LogP contribution in [-0.2, 0) is 0 Å². The molecule has 0 fully saturated rings. The van der Waals surface area contributed by atoms with Crippen molar-refractivity contribution in [1.82, 2.24) is 4.98 Å². The fourth-order valence-electron chi connectivity index (χ4n) is 1.66. The normalized spacial score (nSPS) is 11.8. The molecule has 0 bridgehead atoms. The molecule has 0 radical (unpaired) electrons. The van der Waals surface area contributed by atoms with Gasteiger partial charge in [0.05, 0.1) is 5.69 Å². The topological polar surface area (TPSA) is 22.1 Å². The van der Waals surface area contributed by atoms with Crippen LogP contribution in [0, 0.1) is 0 Å². The molecule has 0 amide bonds. The van der Waals surface area contributed by atoms with Crippen LogP contribution in [0.2, 0.25) is 0 Å². The van der Waals surface area contributed by atoms with Crippen molar-refractivity contribution in [2.75, 3.05) is 6.61 Å². The number of benzene rings is 1. The maximum Gasteiger partial charge on any atom is 0.124 e. The summed E-state index contributed by atoms with van der Waals surface area (Å²) >= 11 is 6.45. The van der Waals surface area contributed by atoms with Gasteiger partial charge in [-0.05, 0) is 18.2 Å². The Morgan fingerprint density at radius 1 is 1.22 bits per heavy atom. The largest absolute Gasteiger partial charge is 0.489 e. The van der Waals surface area contributed by atoms with Crippen LogP contribution >= 0.6 is 11.6 Å². The second-order valence-corrected chi connectivity index (χ2v) is 4.19. The molecule has 3 heteroatoms. The minimum atomic E-state index is -0.313. The molecule has 0 aliphatic carbocycles. The first-order valence-corrected chi connectivity index (χ1v) is 6.14. The Balaban J connectivity index is 2.29. The van der Waals surface area contributed by atoms with Crippen LogP contribution in [0.4, 0.5) is 0 Å². The highest BCUT2D eigenvalue weighted by molar-refractivity contribution is 6.22. The molecule has 2 rings (SSSR count). The number of alkyl halides is 1. The van der Waals surface area contributed by atoms with Gasteiger partial charge in [0, 0.05) is 11.8 Å². The van der Waals surface area contributed by atoms with Gasteiger partial charge in [0.2, 0.25) is 0 Å². The maximum absolute atomic E-state index is 6.45. The molecule has 1 atom stereocenters. The zero-order valence-corrected chi connectivity index (χ0v) is 10.7. The number of hydrogen-bond donors (Lipinski definition) is 0. The third kappa shape index (κ3) is 2.90. The van der Waals surface area contributed by atoms with Crippen molar-refractivity contribution >= 4 is 11.6 Å². The number of hydrogen-bond acceptors (Lipinski definition) is 2. The standard InChI is InChI=1S/C15H14ClNO/c1-2-11-18-14-9-4-3-7-12(14)15(16)13-8-5-6-10-17-13/h2-10,15H,1,11H2. The third-order valence-electron chi connectivity index (χ3n) is 2.50. The Bertz CT molecular complexity index is 513. The molecule has 0 spiro atoms. The predicted octanol–water partition coefficient (Wildman–Crippen LogP) is 3.97. The molecule has 0 N–H and O–H groups in total. The van der Waals surface area contributed by atoms with Crippen LogP contribution in [0.15, 0.2) is 61.3 Å². The van der Waals surface area contributed by atoms with E-state index in [0.717, 1.165) is 17.0 Å². The molecule has 1 aromatic heterocycles. The van der Waals surface area contributed by atoms with Gasteiger partial charge >= 0.3 is 0 Å². The van der Waals surface area contributed by atoms with E-state index in [1.807, 2.05) is 42.5 Å². The summed E-state index contributed by atoms with van der Waals surface area (Å²) < 4.78 is 5.60. The minimum absolute atomic E-state index is 0.313. The summed E-state index contributed by atoms with van der Waals surface area (Å²) in [6.45, 7) is 4.10. The van der Waals surface area contributed by atoms with Crippen molar-refractivity contribution in [3.05, 3.63) is 72.6 Å². The molecule has 0 aliphatic rings. The van der Waals surface area contributed by atoms with Crippen LogP contribution in [-0.4, -0.2) is 11.6 Å². The number of halogens is 1. The smallest absolute Gasteiger partial charge is 0.124 e. The lowest BCUT2D eigenvalue weighted by Gasteiger charge is -2.14. The highest BCUT2D eigenvalue weighted by Crippen LogP contribution is 2.33. The van der Waals surface area contributed by atoms with Crippen molar-refractivity contribution in [1.29, 1.82) is 0 Å². The van der Waals surface area contributed by atoms with Crippen LogP contribution in [0.25, 0.3) is 0 Å². The number of rotatable bonds is 5. The van der Waals surface area contributed by atoms with Gasteiger partial charge in [0.15, 0.2) is 0 Å². The molecule has 0 saturated heterocycles. The lowest BCUT2D eigenvalue weighted by atomic mass is 10.1. The number of ether oxygens (including phenoxy) is 1. The average Bonchev–Trinajstić information content (AvgIpc) is 2.45. The van der Waals surface area contributed by atoms with Gasteiger partial charge < -0.3 is 4.74 Å². The molecule has 2 nitrogen and oxygen atoms in total. The SMILES string of the molecule is C=CCOc1ccccc1C(Cl)c1ccccn1. The van der Waals surface area contributed by atoms with E-state index >= 15 is 0 Å². The molecule has 92 valence electrons. The summed E-state index contributed by atoms with van der Waals surface area (Å²) in [5.41, 5.74) is 1.73. The van der Waals surface area contributed by atoms with Gasteiger partial charge in [0.1, 0.15) is 17.7 Å². The molecule has 18 heavy (non-hydrogen) atoms. The minimum Gasteiger partial charge on any atom is -0.489 e. The molecule has 1 heterocycles. The molecule has 0 aliphatic heterocycles. The summed E-state index contributed by atoms with van der Waals surface area (Å²) in [7, 11) is 0. The van der Waals surface area contributed by atoms with E-state index in [-0.39, 0.29) is 5.38 Å². The zero-order valence-electron chi connectivity index (χ0n) is 9.92. The van der Waals surface area contributed by atoms with E-state index in [1.54, 1.807) is 12.3 Å². The Morgan fingerprint density at radius 2 is 2.00 bits per heavy atom. The molecule has 1 aromatic carbocycles. The Morgan fingerprint density at radius 3 is 2.72 bits per heavy atom. The van der Waals surface area contributed by atoms with E-state index in [0.29, 0.717) is 6.61 Å². The van der Waals surface area contributed by atoms with Gasteiger partial charge in [-0.2, -0.15) is 0 Å². The maximum atomic E-state index is 6.45. The summed E-state index contributed by atoms with van der Waals surface area (Å²) in [5.74, 6) is 0.767. The van der Waals surface area contributed by atoms with Gasteiger partial charge in [-0.15, -0.1) is 11.6 Å². The highest BCUT2D eigenvalue weighted by atomic mass is 35.5. The number of nitrogens with zero attached hydrogens (tertiary/aromatic N) is 1. The van der Waals surface area contributed by atoms with Crippen LogP contribution in [0.3, 0.4) is 0 Å². The van der Waals surface area contributed by atoms with Crippen molar-refractivity contribution in [2.24, 2.45) is 0 Å². The Labute approximate surface area is 112 Å². The fraction of sp³-hybridized carbons (Fsp3) is 0.133. The lowest BCUT2D eigenvalue weighted by Crippen LogP contribution is -2.01. The van der Waals surface area contributed by atoms with Crippen LogP contribution < -0.4 is 4.74 Å². The van der Waals surface area contributed by atoms with Crippen molar-refractivity contribution in [3.63, 3.8) is 0 Å². The summed E-state index contributed by atoms with van der Waals surface area (Å²) in [6.07, 6.45) is 3.44. The van der Waals surface area contributed by atoms with E-state index in [4.69, 9.17) is 16.3 Å². The Hall–Kier alpha value is -1.80. The second kappa shape index (κ2) is 6.22. The van der Waals surface area contributed by atoms with Crippen molar-refractivity contribution < 1.29 is 4.74 Å². The van der Waals surface area contributed by atoms with E-state index in [9.17, 15) is 0 Å². The third-order valence-corrected chi connectivity index (χ3v) is 2.95. The highest BCUT2D eigenvalue weighted by Gasteiger charge is 2.16. The molecular weight excluding hydrogens is 246 g/mol. The molecular formula is C15H14ClNO. The summed E-state index contributed by atoms with van der Waals surface area (Å²) in [4.78, 5) is 4.27. The van der Waals surface area contributed by atoms with E-state index in [1.165, 1.54) is 0 Å². The average molecular weight is 260 g/mol. The first-order chi connectivity index (χ1) is 8.83. The van der Waals surface area contributed by atoms with Crippen molar-refractivity contribution in [3.8, 4) is 5.75 Å². The predicted molar refractivity (Wildman–Crippen MR) is 74.1 cm³/mol. The number of aromatic nitrogens is 1. The van der Waals surface area contributed by atoms with E-state index < -0.39 is 0 Å². The van der Waals surface area contributed by atoms with Gasteiger partial charge in [-0.3, -0.25) is 4.98 Å². The molecule has 2 aromatic rings. The first-order valence-electron chi connectivity index (χ1n) is 5.70. The number of para-hydroxylation sites is 1. The van der Waals surface area contributed by atoms with Crippen molar-refractivity contribution in [2.45, 2.75) is 5.38 Å². The van der Waals surface area contributed by atoms with Crippen LogP contribution in [0.5, 0.6) is 5.75 Å². The van der Waals surface area contributed by atoms with E-state index in [2.05, 4.69) is 11.6 Å². The number of pyridine rings is 1. The fourth-order valence-corrected chi connectivity index (χ4v) is 1.96. The zero-order chi connectivity index (χ0) is 12.8. The Kier molecular flexibility index (Phi) is 4.37. The van der Waals surface area contributed by atoms with Gasteiger partial charge in [-0.1, -0.05) is 36.9 Å². The second-order valence-electron chi connectivity index (χ2n) is 3.75. The van der Waals surface area contributed by atoms with Gasteiger partial charge in [-0.25, -0.2) is 0 Å². The molecule has 1 unspecified atom stereocenters. The lowest BCUT2D eigenvalue weighted by molar-refractivity contribution is 0.359. The monoisotopic (exact) mass is 259 g/mol. The summed E-state index contributed by atoms with van der Waals surface area (Å²) in [5, 5.41) is -0.313.